The molecule has 1 aromatic carbocycles. The molecule has 1 rings (SSSR count). The Morgan fingerprint density at radius 3 is 2.62 bits per heavy atom. The van der Waals surface area contributed by atoms with Crippen LogP contribution in [0, 0.1) is 6.92 Å². The summed E-state index contributed by atoms with van der Waals surface area (Å²) in [7, 11) is 0. The molecule has 4 heteroatoms. The summed E-state index contributed by atoms with van der Waals surface area (Å²) in [6.45, 7) is 6.08. The Bertz CT molecular complexity index is 402. The number of carboxylic acid groups (broad SMARTS) is 1. The fourth-order valence-electron chi connectivity index (χ4n) is 1.39. The predicted molar refractivity (Wildman–Crippen MR) is 68.6 cm³/mol. The summed E-state index contributed by atoms with van der Waals surface area (Å²) < 4.78 is 0. The molecule has 88 valence electrons. The molecule has 0 spiro atoms. The average Bonchev–Trinajstić information content (AvgIpc) is 2.18. The van der Waals surface area contributed by atoms with Gasteiger partial charge in [-0.25, -0.2) is 0 Å². The van der Waals surface area contributed by atoms with Crippen LogP contribution in [0.15, 0.2) is 17.0 Å². The van der Waals surface area contributed by atoms with Gasteiger partial charge in [-0.05, 0) is 36.1 Å². The molecule has 0 atom stereocenters. The Labute approximate surface area is 105 Å². The molecule has 0 saturated carbocycles. The number of aliphatic carboxylic acids is 1. The third-order valence-corrected chi connectivity index (χ3v) is 3.73. The normalized spacial score (nSPS) is 10.8. The van der Waals surface area contributed by atoms with E-state index in [-0.39, 0.29) is 5.75 Å². The minimum absolute atomic E-state index is 0.0841. The summed E-state index contributed by atoms with van der Waals surface area (Å²) in [5.41, 5.74) is 2.10. The van der Waals surface area contributed by atoms with Gasteiger partial charge >= 0.3 is 5.97 Å². The van der Waals surface area contributed by atoms with Gasteiger partial charge in [0.1, 0.15) is 0 Å². The number of hydrogen-bond acceptors (Lipinski definition) is 2. The first-order valence-corrected chi connectivity index (χ1v) is 6.42. The van der Waals surface area contributed by atoms with Gasteiger partial charge in [0.25, 0.3) is 0 Å². The van der Waals surface area contributed by atoms with Gasteiger partial charge < -0.3 is 5.11 Å². The molecule has 1 aromatic rings. The molecule has 0 aromatic heterocycles. The van der Waals surface area contributed by atoms with E-state index in [0.29, 0.717) is 5.92 Å². The maximum Gasteiger partial charge on any atom is 0.313 e. The van der Waals surface area contributed by atoms with Crippen LogP contribution in [0.5, 0.6) is 0 Å². The highest BCUT2D eigenvalue weighted by Crippen LogP contribution is 2.32. The molecule has 1 N–H and O–H groups in total. The van der Waals surface area contributed by atoms with E-state index in [1.807, 2.05) is 19.1 Å². The fourth-order valence-corrected chi connectivity index (χ4v) is 2.56. The number of carboxylic acids is 1. The highest BCUT2D eigenvalue weighted by atomic mass is 35.5. The first-order chi connectivity index (χ1) is 7.41. The van der Waals surface area contributed by atoms with Crippen LogP contribution in [-0.4, -0.2) is 16.8 Å². The Balaban J connectivity index is 3.04. The maximum atomic E-state index is 10.6. The molecule has 0 radical (unpaired) electrons. The first kappa shape index (κ1) is 13.4. The second-order valence-electron chi connectivity index (χ2n) is 3.98. The highest BCUT2D eigenvalue weighted by Gasteiger charge is 2.11. The molecule has 0 saturated heterocycles. The van der Waals surface area contributed by atoms with Crippen molar-refractivity contribution < 1.29 is 9.90 Å². The standard InChI is InChI=1S/C12H15ClO2S/c1-7(2)9-5-10(13)8(3)4-11(9)16-6-12(14)15/h4-5,7H,6H2,1-3H3,(H,14,15). The molecule has 0 amide bonds. The lowest BCUT2D eigenvalue weighted by Gasteiger charge is -2.13. The molecule has 16 heavy (non-hydrogen) atoms. The van der Waals surface area contributed by atoms with Crippen molar-refractivity contribution in [3.05, 3.63) is 28.3 Å². The van der Waals surface area contributed by atoms with Gasteiger partial charge in [-0.1, -0.05) is 25.4 Å². The third-order valence-electron chi connectivity index (χ3n) is 2.26. The van der Waals surface area contributed by atoms with E-state index >= 15 is 0 Å². The van der Waals surface area contributed by atoms with Crippen LogP contribution in [0.25, 0.3) is 0 Å². The smallest absolute Gasteiger partial charge is 0.313 e. The predicted octanol–water partition coefficient (Wildman–Crippen LogP) is 3.95. The summed E-state index contributed by atoms with van der Waals surface area (Å²) >= 11 is 7.42. The van der Waals surface area contributed by atoms with Crippen LogP contribution in [0.2, 0.25) is 5.02 Å². The summed E-state index contributed by atoms with van der Waals surface area (Å²) in [6.07, 6.45) is 0. The summed E-state index contributed by atoms with van der Waals surface area (Å²) in [5.74, 6) is -0.373. The van der Waals surface area contributed by atoms with Crippen molar-refractivity contribution in [1.29, 1.82) is 0 Å². The largest absolute Gasteiger partial charge is 0.481 e. The summed E-state index contributed by atoms with van der Waals surface area (Å²) in [5, 5.41) is 9.42. The zero-order valence-electron chi connectivity index (χ0n) is 9.58. The molecular weight excluding hydrogens is 244 g/mol. The van der Waals surface area contributed by atoms with Crippen molar-refractivity contribution in [3.63, 3.8) is 0 Å². The van der Waals surface area contributed by atoms with Gasteiger partial charge in [0.15, 0.2) is 0 Å². The van der Waals surface area contributed by atoms with Gasteiger partial charge in [-0.15, -0.1) is 11.8 Å². The van der Waals surface area contributed by atoms with E-state index in [4.69, 9.17) is 16.7 Å². The lowest BCUT2D eigenvalue weighted by Crippen LogP contribution is -2.00. The lowest BCUT2D eigenvalue weighted by atomic mass is 10.0. The van der Waals surface area contributed by atoms with E-state index in [1.165, 1.54) is 11.8 Å². The van der Waals surface area contributed by atoms with Crippen molar-refractivity contribution in [1.82, 2.24) is 0 Å². The number of carbonyl (C=O) groups is 1. The van der Waals surface area contributed by atoms with Crippen molar-refractivity contribution in [2.75, 3.05) is 5.75 Å². The fraction of sp³-hybridized carbons (Fsp3) is 0.417. The van der Waals surface area contributed by atoms with Gasteiger partial charge in [-0.2, -0.15) is 0 Å². The Morgan fingerprint density at radius 1 is 1.50 bits per heavy atom. The average molecular weight is 259 g/mol. The van der Waals surface area contributed by atoms with Crippen LogP contribution in [0.1, 0.15) is 30.9 Å². The van der Waals surface area contributed by atoms with Gasteiger partial charge in [0.05, 0.1) is 5.75 Å². The van der Waals surface area contributed by atoms with E-state index < -0.39 is 5.97 Å². The second-order valence-corrected chi connectivity index (χ2v) is 5.40. The van der Waals surface area contributed by atoms with Gasteiger partial charge in [0.2, 0.25) is 0 Å². The molecule has 0 aliphatic rings. The number of aryl methyl sites for hydroxylation is 1. The molecule has 0 heterocycles. The second kappa shape index (κ2) is 5.60. The monoisotopic (exact) mass is 258 g/mol. The SMILES string of the molecule is Cc1cc(SCC(=O)O)c(C(C)C)cc1Cl. The van der Waals surface area contributed by atoms with Crippen molar-refractivity contribution in [3.8, 4) is 0 Å². The number of rotatable bonds is 4. The van der Waals surface area contributed by atoms with Crippen molar-refractivity contribution in [2.24, 2.45) is 0 Å². The molecule has 0 aliphatic heterocycles. The molecule has 0 bridgehead atoms. The number of hydrogen-bond donors (Lipinski definition) is 1. The van der Waals surface area contributed by atoms with E-state index in [2.05, 4.69) is 13.8 Å². The van der Waals surface area contributed by atoms with Crippen molar-refractivity contribution >= 4 is 29.3 Å². The third kappa shape index (κ3) is 3.42. The first-order valence-electron chi connectivity index (χ1n) is 5.06. The Morgan fingerprint density at radius 2 is 2.12 bits per heavy atom. The summed E-state index contributed by atoms with van der Waals surface area (Å²) in [4.78, 5) is 11.6. The molecule has 0 unspecified atom stereocenters. The number of thioether (sulfide) groups is 1. The van der Waals surface area contributed by atoms with Crippen LogP contribution in [0.3, 0.4) is 0 Å². The van der Waals surface area contributed by atoms with Crippen LogP contribution in [-0.2, 0) is 4.79 Å². The zero-order chi connectivity index (χ0) is 12.3. The van der Waals surface area contributed by atoms with Crippen molar-refractivity contribution in [2.45, 2.75) is 31.6 Å². The summed E-state index contributed by atoms with van der Waals surface area (Å²) in [6, 6.07) is 3.90. The molecule has 2 nitrogen and oxygen atoms in total. The topological polar surface area (TPSA) is 37.3 Å². The molecule has 0 aliphatic carbocycles. The Kier molecular flexibility index (Phi) is 4.69. The van der Waals surface area contributed by atoms with E-state index in [1.54, 1.807) is 0 Å². The number of halogens is 1. The minimum atomic E-state index is -0.799. The Hall–Kier alpha value is -0.670. The van der Waals surface area contributed by atoms with Crippen LogP contribution >= 0.6 is 23.4 Å². The lowest BCUT2D eigenvalue weighted by molar-refractivity contribution is -0.133. The minimum Gasteiger partial charge on any atom is -0.481 e. The molecular formula is C12H15ClO2S. The highest BCUT2D eigenvalue weighted by molar-refractivity contribution is 8.00. The van der Waals surface area contributed by atoms with Crippen LogP contribution < -0.4 is 0 Å². The number of benzene rings is 1. The molecule has 0 fully saturated rings. The maximum absolute atomic E-state index is 10.6. The van der Waals surface area contributed by atoms with Crippen LogP contribution in [0.4, 0.5) is 0 Å². The van der Waals surface area contributed by atoms with E-state index in [0.717, 1.165) is 21.0 Å². The van der Waals surface area contributed by atoms with Gasteiger partial charge in [-0.3, -0.25) is 4.79 Å². The quantitative estimate of drug-likeness (QED) is 0.831. The van der Waals surface area contributed by atoms with Gasteiger partial charge in [0, 0.05) is 9.92 Å². The van der Waals surface area contributed by atoms with E-state index in [9.17, 15) is 4.79 Å². The zero-order valence-corrected chi connectivity index (χ0v) is 11.2.